The van der Waals surface area contributed by atoms with Crippen LogP contribution in [0.5, 0.6) is 0 Å². The van der Waals surface area contributed by atoms with E-state index in [2.05, 4.69) is 15.4 Å². The Labute approximate surface area is 183 Å². The van der Waals surface area contributed by atoms with Gasteiger partial charge in [-0.05, 0) is 40.5 Å². The number of carbonyl (C=O) groups excluding carboxylic acids is 2. The monoisotopic (exact) mass is 429 g/mol. The Balaban J connectivity index is 1.79. The molecule has 0 aromatic carbocycles. The van der Waals surface area contributed by atoms with Crippen molar-refractivity contribution >= 4 is 17.5 Å². The van der Waals surface area contributed by atoms with Crippen molar-refractivity contribution in [2.45, 2.75) is 79.2 Å². The maximum absolute atomic E-state index is 13.1. The topological polar surface area (TPSA) is 99.6 Å². The summed E-state index contributed by atoms with van der Waals surface area (Å²) in [5.74, 6) is 0.208. The van der Waals surface area contributed by atoms with Gasteiger partial charge in [-0.1, -0.05) is 20.8 Å². The van der Waals surface area contributed by atoms with E-state index >= 15 is 0 Å². The quantitative estimate of drug-likeness (QED) is 0.780. The first-order valence-electron chi connectivity index (χ1n) is 11.0. The molecule has 31 heavy (non-hydrogen) atoms. The molecular weight excluding hydrogens is 394 g/mol. The number of aryl methyl sites for hydroxylation is 1. The number of carbonyl (C=O) groups is 2. The lowest BCUT2D eigenvalue weighted by Crippen LogP contribution is -2.40. The summed E-state index contributed by atoms with van der Waals surface area (Å²) in [7, 11) is 0. The number of likely N-dealkylation sites (tertiary alicyclic amines) is 1. The Hall–Kier alpha value is -2.64. The third-order valence-electron chi connectivity index (χ3n) is 5.61. The zero-order chi connectivity index (χ0) is 23.1. The number of nitrogens with one attached hydrogen (secondary N) is 2. The summed E-state index contributed by atoms with van der Waals surface area (Å²) in [6, 6.07) is 1.90. The second kappa shape index (κ2) is 8.13. The van der Waals surface area contributed by atoms with Crippen LogP contribution < -0.4 is 10.9 Å². The van der Waals surface area contributed by atoms with Crippen LogP contribution in [-0.2, 0) is 16.0 Å². The second-order valence-corrected chi connectivity index (χ2v) is 10.7. The van der Waals surface area contributed by atoms with Crippen molar-refractivity contribution < 1.29 is 9.59 Å². The summed E-state index contributed by atoms with van der Waals surface area (Å²) in [6.07, 6.45) is 1.43. The zero-order valence-corrected chi connectivity index (χ0v) is 19.8. The molecule has 1 saturated heterocycles. The number of aromatic nitrogens is 3. The van der Waals surface area contributed by atoms with Gasteiger partial charge >= 0.3 is 0 Å². The molecule has 2 aromatic heterocycles. The van der Waals surface area contributed by atoms with E-state index in [0.717, 1.165) is 12.1 Å². The van der Waals surface area contributed by atoms with Crippen LogP contribution in [0.1, 0.15) is 77.3 Å². The van der Waals surface area contributed by atoms with E-state index in [1.165, 1.54) is 4.52 Å². The van der Waals surface area contributed by atoms with E-state index in [1.54, 1.807) is 0 Å². The number of H-pyrrole nitrogens is 1. The summed E-state index contributed by atoms with van der Waals surface area (Å²) in [5, 5.41) is 6.12. The molecule has 1 aliphatic heterocycles. The summed E-state index contributed by atoms with van der Waals surface area (Å²) >= 11 is 0. The molecule has 1 unspecified atom stereocenters. The molecule has 2 N–H and O–H groups in total. The Morgan fingerprint density at radius 2 is 1.90 bits per heavy atom. The smallest absolute Gasteiger partial charge is 0.276 e. The van der Waals surface area contributed by atoms with Gasteiger partial charge in [0.2, 0.25) is 11.8 Å². The number of fused-ring (bicyclic) bond motifs is 1. The van der Waals surface area contributed by atoms with E-state index in [1.807, 2.05) is 59.4 Å². The largest absolute Gasteiger partial charge is 0.351 e. The predicted molar refractivity (Wildman–Crippen MR) is 120 cm³/mol. The molecule has 3 rings (SSSR count). The third kappa shape index (κ3) is 5.17. The van der Waals surface area contributed by atoms with Gasteiger partial charge in [-0.2, -0.15) is 0 Å². The van der Waals surface area contributed by atoms with Gasteiger partial charge in [0.15, 0.2) is 5.65 Å². The van der Waals surface area contributed by atoms with E-state index in [4.69, 9.17) is 0 Å². The van der Waals surface area contributed by atoms with Gasteiger partial charge in [-0.15, -0.1) is 0 Å². The van der Waals surface area contributed by atoms with Crippen LogP contribution in [0.15, 0.2) is 10.9 Å². The molecule has 2 amide bonds. The predicted octanol–water partition coefficient (Wildman–Crippen LogP) is 2.54. The van der Waals surface area contributed by atoms with Gasteiger partial charge in [0.05, 0.1) is 0 Å². The Bertz CT molecular complexity index is 1050. The molecule has 1 atom stereocenters. The summed E-state index contributed by atoms with van der Waals surface area (Å²) in [5.41, 5.74) is 1.80. The molecule has 3 heterocycles. The van der Waals surface area contributed by atoms with Crippen LogP contribution in [0.3, 0.4) is 0 Å². The summed E-state index contributed by atoms with van der Waals surface area (Å²) in [4.78, 5) is 44.3. The second-order valence-electron chi connectivity index (χ2n) is 10.7. The number of rotatable bonds is 4. The molecule has 8 nitrogen and oxygen atoms in total. The lowest BCUT2D eigenvalue weighted by molar-refractivity contribution is -0.138. The van der Waals surface area contributed by atoms with Gasteiger partial charge in [-0.3, -0.25) is 19.5 Å². The highest BCUT2D eigenvalue weighted by atomic mass is 16.2. The third-order valence-corrected chi connectivity index (χ3v) is 5.61. The zero-order valence-electron chi connectivity index (χ0n) is 19.8. The maximum Gasteiger partial charge on any atom is 0.276 e. The van der Waals surface area contributed by atoms with E-state index in [-0.39, 0.29) is 35.3 Å². The van der Waals surface area contributed by atoms with Crippen LogP contribution in [0.4, 0.5) is 0 Å². The van der Waals surface area contributed by atoms with Gasteiger partial charge in [0, 0.05) is 59.4 Å². The first-order chi connectivity index (χ1) is 14.3. The normalized spacial score (nSPS) is 17.4. The Kier molecular flexibility index (Phi) is 6.04. The number of hydrogen-bond acceptors (Lipinski definition) is 4. The van der Waals surface area contributed by atoms with Crippen molar-refractivity contribution in [2.75, 3.05) is 13.1 Å². The first-order valence-corrected chi connectivity index (χ1v) is 11.0. The van der Waals surface area contributed by atoms with Crippen molar-refractivity contribution in [1.82, 2.24) is 24.8 Å². The van der Waals surface area contributed by atoms with Crippen LogP contribution in [-0.4, -0.2) is 49.9 Å². The van der Waals surface area contributed by atoms with Crippen LogP contribution in [0, 0.1) is 12.3 Å². The molecular formula is C23H35N5O3. The van der Waals surface area contributed by atoms with Crippen LogP contribution in [0.2, 0.25) is 0 Å². The van der Waals surface area contributed by atoms with Gasteiger partial charge < -0.3 is 10.2 Å². The minimum Gasteiger partial charge on any atom is -0.351 e. The maximum atomic E-state index is 13.1. The number of amides is 2. The molecule has 0 aliphatic carbocycles. The highest BCUT2D eigenvalue weighted by Crippen LogP contribution is 2.30. The summed E-state index contributed by atoms with van der Waals surface area (Å²) < 4.78 is 1.47. The van der Waals surface area contributed by atoms with E-state index < -0.39 is 5.41 Å². The first kappa shape index (κ1) is 23.0. The lowest BCUT2D eigenvalue weighted by atomic mass is 9.95. The average Bonchev–Trinajstić information content (AvgIpc) is 3.25. The number of hydrogen-bond donors (Lipinski definition) is 2. The molecule has 0 bridgehead atoms. The van der Waals surface area contributed by atoms with Crippen molar-refractivity contribution in [1.29, 1.82) is 0 Å². The van der Waals surface area contributed by atoms with Crippen molar-refractivity contribution in [2.24, 2.45) is 5.41 Å². The Morgan fingerprint density at radius 1 is 1.23 bits per heavy atom. The van der Waals surface area contributed by atoms with Crippen LogP contribution >= 0.6 is 0 Å². The van der Waals surface area contributed by atoms with E-state index in [0.29, 0.717) is 36.4 Å². The molecule has 0 saturated carbocycles. The fourth-order valence-electron chi connectivity index (χ4n) is 4.08. The van der Waals surface area contributed by atoms with Crippen molar-refractivity contribution in [3.05, 3.63) is 33.4 Å². The lowest BCUT2D eigenvalue weighted by Gasteiger charge is -2.25. The van der Waals surface area contributed by atoms with E-state index in [9.17, 15) is 14.4 Å². The fraction of sp³-hybridized carbons (Fsp3) is 0.652. The van der Waals surface area contributed by atoms with Gasteiger partial charge in [0.25, 0.3) is 5.56 Å². The molecule has 8 heteroatoms. The van der Waals surface area contributed by atoms with Gasteiger partial charge in [0.1, 0.15) is 0 Å². The molecule has 0 radical (unpaired) electrons. The minimum absolute atomic E-state index is 0.0851. The van der Waals surface area contributed by atoms with Crippen LogP contribution in [0.25, 0.3) is 5.65 Å². The molecule has 1 fully saturated rings. The molecule has 1 aliphatic rings. The average molecular weight is 430 g/mol. The van der Waals surface area contributed by atoms with Crippen molar-refractivity contribution in [3.63, 3.8) is 0 Å². The molecule has 2 aromatic rings. The molecule has 170 valence electrons. The SMILES string of the molecule is Cc1nc2cc(C3CCN(C(=O)C(C)(C)C)C3)[nH]n2c(=O)c1CCC(=O)NC(C)(C)C. The summed E-state index contributed by atoms with van der Waals surface area (Å²) in [6.45, 7) is 14.7. The highest BCUT2D eigenvalue weighted by molar-refractivity contribution is 5.81. The number of nitrogens with zero attached hydrogens (tertiary/aromatic N) is 3. The standard InChI is InChI=1S/C23H35N5O3/c1-14-16(8-9-19(29)25-23(5,6)7)20(30)28-18(24-14)12-17(26-28)15-10-11-27(13-15)21(31)22(2,3)4/h12,15,26H,8-11,13H2,1-7H3,(H,25,29). The fourth-order valence-corrected chi connectivity index (χ4v) is 4.08. The highest BCUT2D eigenvalue weighted by Gasteiger charge is 2.34. The van der Waals surface area contributed by atoms with Gasteiger partial charge in [-0.25, -0.2) is 9.50 Å². The number of aromatic amines is 1. The molecule has 0 spiro atoms. The van der Waals surface area contributed by atoms with Crippen molar-refractivity contribution in [3.8, 4) is 0 Å². The minimum atomic E-state index is -0.404. The Morgan fingerprint density at radius 3 is 2.52 bits per heavy atom.